The van der Waals surface area contributed by atoms with Crippen molar-refractivity contribution < 1.29 is 24.1 Å². The van der Waals surface area contributed by atoms with Crippen molar-refractivity contribution in [2.24, 2.45) is 0 Å². The zero-order valence-electron chi connectivity index (χ0n) is 8.41. The minimum absolute atomic E-state index is 0.0569. The van der Waals surface area contributed by atoms with E-state index >= 15 is 0 Å². The number of ether oxygens (including phenoxy) is 1. The SMILES string of the molecule is O=C1NC(O)C=CN1C1OC(CO)CC1F. The number of aliphatic hydroxyl groups excluding tert-OH is 2. The summed E-state index contributed by atoms with van der Waals surface area (Å²) in [5.41, 5.74) is 0. The van der Waals surface area contributed by atoms with Gasteiger partial charge in [0.25, 0.3) is 0 Å². The maximum atomic E-state index is 13.5. The summed E-state index contributed by atoms with van der Waals surface area (Å²) in [4.78, 5) is 12.5. The Kier molecular flexibility index (Phi) is 3.08. The van der Waals surface area contributed by atoms with E-state index in [-0.39, 0.29) is 13.0 Å². The van der Waals surface area contributed by atoms with Crippen LogP contribution in [-0.4, -0.2) is 52.5 Å². The second-order valence-electron chi connectivity index (χ2n) is 3.73. The van der Waals surface area contributed by atoms with Gasteiger partial charge in [-0.15, -0.1) is 0 Å². The van der Waals surface area contributed by atoms with Crippen molar-refractivity contribution in [1.29, 1.82) is 0 Å². The Hall–Kier alpha value is -1.18. The number of aliphatic hydroxyl groups is 2. The van der Waals surface area contributed by atoms with E-state index in [1.54, 1.807) is 0 Å². The highest BCUT2D eigenvalue weighted by Gasteiger charge is 2.41. The Bertz CT molecular complexity index is 312. The lowest BCUT2D eigenvalue weighted by atomic mass is 10.2. The molecule has 7 heteroatoms. The molecule has 1 saturated heterocycles. The third kappa shape index (κ3) is 2.01. The number of urea groups is 1. The average molecular weight is 232 g/mol. The second kappa shape index (κ2) is 4.36. The van der Waals surface area contributed by atoms with Gasteiger partial charge in [-0.2, -0.15) is 0 Å². The number of hydrogen-bond donors (Lipinski definition) is 3. The Balaban J connectivity index is 2.07. The van der Waals surface area contributed by atoms with Crippen molar-refractivity contribution in [3.05, 3.63) is 12.3 Å². The number of rotatable bonds is 2. The maximum absolute atomic E-state index is 13.5. The van der Waals surface area contributed by atoms with E-state index < -0.39 is 30.8 Å². The first-order valence-electron chi connectivity index (χ1n) is 4.97. The van der Waals surface area contributed by atoms with Gasteiger partial charge in [-0.3, -0.25) is 4.90 Å². The van der Waals surface area contributed by atoms with Gasteiger partial charge in [0, 0.05) is 12.6 Å². The third-order valence-electron chi connectivity index (χ3n) is 2.54. The van der Waals surface area contributed by atoms with Crippen LogP contribution in [0.4, 0.5) is 9.18 Å². The van der Waals surface area contributed by atoms with Crippen LogP contribution in [0.5, 0.6) is 0 Å². The van der Waals surface area contributed by atoms with Crippen LogP contribution in [0.3, 0.4) is 0 Å². The van der Waals surface area contributed by atoms with Gasteiger partial charge in [-0.1, -0.05) is 0 Å². The van der Waals surface area contributed by atoms with Gasteiger partial charge in [0.1, 0.15) is 12.4 Å². The summed E-state index contributed by atoms with van der Waals surface area (Å²) in [5, 5.41) is 20.1. The molecule has 16 heavy (non-hydrogen) atoms. The lowest BCUT2D eigenvalue weighted by molar-refractivity contribution is -0.0540. The molecule has 3 N–H and O–H groups in total. The van der Waals surface area contributed by atoms with Crippen molar-refractivity contribution in [3.63, 3.8) is 0 Å². The van der Waals surface area contributed by atoms with Crippen molar-refractivity contribution in [1.82, 2.24) is 10.2 Å². The molecule has 0 aliphatic carbocycles. The molecule has 0 spiro atoms. The number of hydrogen-bond acceptors (Lipinski definition) is 4. The van der Waals surface area contributed by atoms with Crippen LogP contribution in [0, 0.1) is 0 Å². The third-order valence-corrected chi connectivity index (χ3v) is 2.54. The van der Waals surface area contributed by atoms with Crippen LogP contribution in [0.1, 0.15) is 6.42 Å². The van der Waals surface area contributed by atoms with Crippen LogP contribution in [0.15, 0.2) is 12.3 Å². The standard InChI is InChI=1S/C9H13FN2O4/c10-6-3-5(4-13)16-8(6)12-2-1-7(14)11-9(12)15/h1-2,5-8,13-14H,3-4H2,(H,11,15). The largest absolute Gasteiger partial charge is 0.394 e. The molecule has 2 amide bonds. The average Bonchev–Trinajstić information content (AvgIpc) is 2.60. The predicted molar refractivity (Wildman–Crippen MR) is 50.8 cm³/mol. The molecule has 2 aliphatic rings. The smallest absolute Gasteiger partial charge is 0.325 e. The molecular weight excluding hydrogens is 219 g/mol. The van der Waals surface area contributed by atoms with Crippen LogP contribution in [0.2, 0.25) is 0 Å². The summed E-state index contributed by atoms with van der Waals surface area (Å²) in [5.74, 6) is 0. The van der Waals surface area contributed by atoms with Gasteiger partial charge in [0.15, 0.2) is 6.23 Å². The van der Waals surface area contributed by atoms with E-state index in [4.69, 9.17) is 14.9 Å². The highest BCUT2D eigenvalue weighted by molar-refractivity contribution is 5.77. The first-order valence-corrected chi connectivity index (χ1v) is 4.97. The predicted octanol–water partition coefficient (Wildman–Crippen LogP) is -0.711. The minimum Gasteiger partial charge on any atom is -0.394 e. The molecule has 1 fully saturated rings. The van der Waals surface area contributed by atoms with Crippen molar-refractivity contribution in [3.8, 4) is 0 Å². The molecular formula is C9H13FN2O4. The Labute approximate surface area is 91.3 Å². The quantitative estimate of drug-likeness (QED) is 0.587. The molecule has 0 aromatic rings. The summed E-state index contributed by atoms with van der Waals surface area (Å²) in [6.07, 6.45) is -1.39. The summed E-state index contributed by atoms with van der Waals surface area (Å²) < 4.78 is 18.7. The van der Waals surface area contributed by atoms with Gasteiger partial charge < -0.3 is 20.3 Å². The first-order chi connectivity index (χ1) is 7.61. The Morgan fingerprint density at radius 1 is 1.69 bits per heavy atom. The van der Waals surface area contributed by atoms with Crippen molar-refractivity contribution in [2.75, 3.05) is 6.61 Å². The number of nitrogens with one attached hydrogen (secondary N) is 1. The van der Waals surface area contributed by atoms with E-state index in [2.05, 4.69) is 5.32 Å². The molecule has 90 valence electrons. The second-order valence-corrected chi connectivity index (χ2v) is 3.73. The normalized spacial score (nSPS) is 38.9. The van der Waals surface area contributed by atoms with E-state index in [1.807, 2.05) is 0 Å². The molecule has 6 nitrogen and oxygen atoms in total. The summed E-state index contributed by atoms with van der Waals surface area (Å²) in [6.45, 7) is -0.279. The molecule has 4 atom stereocenters. The summed E-state index contributed by atoms with van der Waals surface area (Å²) in [7, 11) is 0. The van der Waals surface area contributed by atoms with Gasteiger partial charge in [-0.05, 0) is 6.08 Å². The fourth-order valence-electron chi connectivity index (χ4n) is 1.75. The molecule has 2 heterocycles. The van der Waals surface area contributed by atoms with Crippen LogP contribution in [-0.2, 0) is 4.74 Å². The van der Waals surface area contributed by atoms with Gasteiger partial charge in [0.05, 0.1) is 12.7 Å². The topological polar surface area (TPSA) is 82.0 Å². The van der Waals surface area contributed by atoms with Gasteiger partial charge in [0.2, 0.25) is 0 Å². The molecule has 2 rings (SSSR count). The first kappa shape index (κ1) is 11.3. The van der Waals surface area contributed by atoms with E-state index in [0.717, 1.165) is 4.90 Å². The van der Waals surface area contributed by atoms with Crippen molar-refractivity contribution in [2.45, 2.75) is 31.2 Å². The fraction of sp³-hybridized carbons (Fsp3) is 0.667. The lowest BCUT2D eigenvalue weighted by Crippen LogP contribution is -2.51. The summed E-state index contributed by atoms with van der Waals surface area (Å²) >= 11 is 0. The monoisotopic (exact) mass is 232 g/mol. The van der Waals surface area contributed by atoms with Gasteiger partial charge in [-0.25, -0.2) is 9.18 Å². The highest BCUT2D eigenvalue weighted by atomic mass is 19.1. The maximum Gasteiger partial charge on any atom is 0.325 e. The number of alkyl halides is 1. The van der Waals surface area contributed by atoms with Crippen LogP contribution in [0.25, 0.3) is 0 Å². The lowest BCUT2D eigenvalue weighted by Gasteiger charge is -2.30. The number of halogens is 1. The molecule has 0 radical (unpaired) electrons. The molecule has 0 saturated carbocycles. The number of amides is 2. The Morgan fingerprint density at radius 2 is 2.44 bits per heavy atom. The van der Waals surface area contributed by atoms with Gasteiger partial charge >= 0.3 is 6.03 Å². The zero-order valence-corrected chi connectivity index (χ0v) is 8.41. The fourth-order valence-corrected chi connectivity index (χ4v) is 1.75. The zero-order chi connectivity index (χ0) is 11.7. The molecule has 0 aromatic heterocycles. The molecule has 0 bridgehead atoms. The number of carbonyl (C=O) groups excluding carboxylic acids is 1. The van der Waals surface area contributed by atoms with Crippen LogP contribution < -0.4 is 5.32 Å². The molecule has 4 unspecified atom stereocenters. The van der Waals surface area contributed by atoms with E-state index in [0.29, 0.717) is 0 Å². The number of carbonyl (C=O) groups is 1. The highest BCUT2D eigenvalue weighted by Crippen LogP contribution is 2.26. The van der Waals surface area contributed by atoms with Crippen molar-refractivity contribution >= 4 is 6.03 Å². The Morgan fingerprint density at radius 3 is 3.00 bits per heavy atom. The number of nitrogens with zero attached hydrogens (tertiary/aromatic N) is 1. The minimum atomic E-state index is -1.34. The molecule has 2 aliphatic heterocycles. The van der Waals surface area contributed by atoms with Crippen LogP contribution >= 0.6 is 0 Å². The van der Waals surface area contributed by atoms with E-state index in [9.17, 15) is 9.18 Å². The summed E-state index contributed by atoms with van der Waals surface area (Å²) in [6, 6.07) is -0.624. The van der Waals surface area contributed by atoms with E-state index in [1.165, 1.54) is 12.3 Å². The molecule has 0 aromatic carbocycles.